The first-order chi connectivity index (χ1) is 8.44. The van der Waals surface area contributed by atoms with Crippen LogP contribution in [0.5, 0.6) is 5.75 Å². The SMILES string of the molecule is COc1ccc2c(c1)C(CC(=O)O)CCC2(C)C. The summed E-state index contributed by atoms with van der Waals surface area (Å²) >= 11 is 0. The van der Waals surface area contributed by atoms with Crippen LogP contribution >= 0.6 is 0 Å². The Hall–Kier alpha value is -1.51. The Morgan fingerprint density at radius 2 is 2.22 bits per heavy atom. The number of carboxylic acid groups (broad SMARTS) is 1. The summed E-state index contributed by atoms with van der Waals surface area (Å²) in [6.07, 6.45) is 2.17. The molecule has 0 saturated carbocycles. The Balaban J connectivity index is 2.45. The van der Waals surface area contributed by atoms with Crippen LogP contribution < -0.4 is 4.74 Å². The van der Waals surface area contributed by atoms with E-state index in [1.54, 1.807) is 7.11 Å². The number of carbonyl (C=O) groups is 1. The smallest absolute Gasteiger partial charge is 0.303 e. The maximum absolute atomic E-state index is 11.0. The second-order valence-corrected chi connectivity index (χ2v) is 5.67. The van der Waals surface area contributed by atoms with Crippen LogP contribution in [-0.2, 0) is 10.2 Å². The lowest BCUT2D eigenvalue weighted by Gasteiger charge is -2.37. The quantitative estimate of drug-likeness (QED) is 0.892. The molecule has 0 aromatic heterocycles. The van der Waals surface area contributed by atoms with Crippen molar-refractivity contribution in [3.63, 3.8) is 0 Å². The van der Waals surface area contributed by atoms with Gasteiger partial charge in [-0.1, -0.05) is 19.9 Å². The number of methoxy groups -OCH3 is 1. The molecule has 1 aliphatic rings. The monoisotopic (exact) mass is 248 g/mol. The first kappa shape index (κ1) is 12.9. The first-order valence-electron chi connectivity index (χ1n) is 6.34. The molecule has 0 heterocycles. The number of aliphatic carboxylic acids is 1. The highest BCUT2D eigenvalue weighted by atomic mass is 16.5. The van der Waals surface area contributed by atoms with Crippen LogP contribution in [-0.4, -0.2) is 18.2 Å². The topological polar surface area (TPSA) is 46.5 Å². The van der Waals surface area contributed by atoms with Gasteiger partial charge in [-0.2, -0.15) is 0 Å². The van der Waals surface area contributed by atoms with Crippen LogP contribution in [0.3, 0.4) is 0 Å². The van der Waals surface area contributed by atoms with Gasteiger partial charge in [0.15, 0.2) is 0 Å². The number of hydrogen-bond donors (Lipinski definition) is 1. The predicted octanol–water partition coefficient (Wildman–Crippen LogP) is 3.32. The van der Waals surface area contributed by atoms with Crippen LogP contribution in [0.25, 0.3) is 0 Å². The molecule has 98 valence electrons. The maximum atomic E-state index is 11.0. The Morgan fingerprint density at radius 3 is 2.83 bits per heavy atom. The second-order valence-electron chi connectivity index (χ2n) is 5.67. The van der Waals surface area contributed by atoms with Gasteiger partial charge in [-0.3, -0.25) is 4.79 Å². The lowest BCUT2D eigenvalue weighted by Crippen LogP contribution is -2.27. The van der Waals surface area contributed by atoms with Gasteiger partial charge in [0, 0.05) is 0 Å². The van der Waals surface area contributed by atoms with E-state index in [0.717, 1.165) is 24.2 Å². The molecule has 0 saturated heterocycles. The Kier molecular flexibility index (Phi) is 3.33. The lowest BCUT2D eigenvalue weighted by molar-refractivity contribution is -0.137. The van der Waals surface area contributed by atoms with E-state index in [-0.39, 0.29) is 17.8 Å². The normalized spacial score (nSPS) is 21.2. The number of rotatable bonds is 3. The van der Waals surface area contributed by atoms with E-state index in [1.807, 2.05) is 12.1 Å². The van der Waals surface area contributed by atoms with Crippen molar-refractivity contribution in [1.82, 2.24) is 0 Å². The highest BCUT2D eigenvalue weighted by Crippen LogP contribution is 2.44. The molecule has 3 nitrogen and oxygen atoms in total. The fourth-order valence-corrected chi connectivity index (χ4v) is 2.87. The van der Waals surface area contributed by atoms with E-state index < -0.39 is 5.97 Å². The Labute approximate surface area is 108 Å². The summed E-state index contributed by atoms with van der Waals surface area (Å²) in [5.41, 5.74) is 2.53. The highest BCUT2D eigenvalue weighted by Gasteiger charge is 2.33. The zero-order valence-corrected chi connectivity index (χ0v) is 11.2. The van der Waals surface area contributed by atoms with Gasteiger partial charge >= 0.3 is 5.97 Å². The van der Waals surface area contributed by atoms with Gasteiger partial charge in [0.05, 0.1) is 13.5 Å². The van der Waals surface area contributed by atoms with Crippen LogP contribution in [0.15, 0.2) is 18.2 Å². The fraction of sp³-hybridized carbons (Fsp3) is 0.533. The van der Waals surface area contributed by atoms with E-state index in [4.69, 9.17) is 9.84 Å². The molecule has 0 bridgehead atoms. The average Bonchev–Trinajstić information content (AvgIpc) is 2.32. The van der Waals surface area contributed by atoms with Crippen molar-refractivity contribution in [2.24, 2.45) is 0 Å². The summed E-state index contributed by atoms with van der Waals surface area (Å²) in [7, 11) is 1.64. The minimum Gasteiger partial charge on any atom is -0.497 e. The molecular formula is C15H20O3. The molecular weight excluding hydrogens is 228 g/mol. The van der Waals surface area contributed by atoms with Crippen LogP contribution in [0.2, 0.25) is 0 Å². The third-order valence-corrected chi connectivity index (χ3v) is 3.97. The maximum Gasteiger partial charge on any atom is 0.303 e. The third-order valence-electron chi connectivity index (χ3n) is 3.97. The van der Waals surface area contributed by atoms with Gasteiger partial charge in [-0.25, -0.2) is 0 Å². The molecule has 1 unspecified atom stereocenters. The minimum atomic E-state index is -0.728. The molecule has 18 heavy (non-hydrogen) atoms. The molecule has 1 atom stereocenters. The van der Waals surface area contributed by atoms with Gasteiger partial charge < -0.3 is 9.84 Å². The average molecular weight is 248 g/mol. The van der Waals surface area contributed by atoms with Gasteiger partial charge in [-0.05, 0) is 47.4 Å². The standard InChI is InChI=1S/C15H20O3/c1-15(2)7-6-10(8-14(16)17)12-9-11(18-3)4-5-13(12)15/h4-5,9-10H,6-8H2,1-3H3,(H,16,17). The zero-order valence-electron chi connectivity index (χ0n) is 11.2. The van der Waals surface area contributed by atoms with E-state index in [0.29, 0.717) is 0 Å². The Bertz CT molecular complexity index is 463. The van der Waals surface area contributed by atoms with Crippen molar-refractivity contribution in [3.8, 4) is 5.75 Å². The molecule has 0 aliphatic heterocycles. The Morgan fingerprint density at radius 1 is 1.50 bits per heavy atom. The summed E-state index contributed by atoms with van der Waals surface area (Å²) in [4.78, 5) is 11.0. The number of hydrogen-bond acceptors (Lipinski definition) is 2. The zero-order chi connectivity index (χ0) is 13.3. The van der Waals surface area contributed by atoms with Gasteiger partial charge in [-0.15, -0.1) is 0 Å². The van der Waals surface area contributed by atoms with Crippen molar-refractivity contribution >= 4 is 5.97 Å². The van der Waals surface area contributed by atoms with Crippen LogP contribution in [0.4, 0.5) is 0 Å². The van der Waals surface area contributed by atoms with Crippen molar-refractivity contribution in [1.29, 1.82) is 0 Å². The van der Waals surface area contributed by atoms with Crippen LogP contribution in [0.1, 0.15) is 50.2 Å². The van der Waals surface area contributed by atoms with Gasteiger partial charge in [0.1, 0.15) is 5.75 Å². The summed E-state index contributed by atoms with van der Waals surface area (Å²) in [6, 6.07) is 6.05. The molecule has 1 aromatic carbocycles. The molecule has 1 N–H and O–H groups in total. The highest BCUT2D eigenvalue weighted by molar-refractivity contribution is 5.68. The van der Waals surface area contributed by atoms with E-state index in [2.05, 4.69) is 19.9 Å². The summed E-state index contributed by atoms with van der Waals surface area (Å²) < 4.78 is 5.25. The first-order valence-corrected chi connectivity index (χ1v) is 6.34. The van der Waals surface area contributed by atoms with Gasteiger partial charge in [0.2, 0.25) is 0 Å². The summed E-state index contributed by atoms with van der Waals surface area (Å²) in [5, 5.41) is 9.02. The third kappa shape index (κ3) is 2.35. The molecule has 3 heteroatoms. The number of ether oxygens (including phenoxy) is 1. The van der Waals surface area contributed by atoms with E-state index in [1.165, 1.54) is 5.56 Å². The number of benzene rings is 1. The molecule has 1 aromatic rings. The molecule has 0 amide bonds. The van der Waals surface area contributed by atoms with Crippen molar-refractivity contribution in [2.45, 2.75) is 44.4 Å². The lowest BCUT2D eigenvalue weighted by atomic mass is 9.68. The molecule has 1 aliphatic carbocycles. The van der Waals surface area contributed by atoms with E-state index in [9.17, 15) is 4.79 Å². The number of carboxylic acids is 1. The van der Waals surface area contributed by atoms with E-state index >= 15 is 0 Å². The summed E-state index contributed by atoms with van der Waals surface area (Å²) in [6.45, 7) is 4.44. The molecule has 0 spiro atoms. The minimum absolute atomic E-state index is 0.112. The predicted molar refractivity (Wildman–Crippen MR) is 70.2 cm³/mol. The molecule has 0 radical (unpaired) electrons. The molecule has 0 fully saturated rings. The molecule has 2 rings (SSSR count). The van der Waals surface area contributed by atoms with Crippen LogP contribution in [0, 0.1) is 0 Å². The van der Waals surface area contributed by atoms with Crippen molar-refractivity contribution in [2.75, 3.05) is 7.11 Å². The van der Waals surface area contributed by atoms with Crippen molar-refractivity contribution in [3.05, 3.63) is 29.3 Å². The summed E-state index contributed by atoms with van der Waals surface area (Å²) in [5.74, 6) is 0.191. The van der Waals surface area contributed by atoms with Gasteiger partial charge in [0.25, 0.3) is 0 Å². The fourth-order valence-electron chi connectivity index (χ4n) is 2.87. The second kappa shape index (κ2) is 4.63. The number of fused-ring (bicyclic) bond motifs is 1. The van der Waals surface area contributed by atoms with Crippen molar-refractivity contribution < 1.29 is 14.6 Å². The largest absolute Gasteiger partial charge is 0.497 e.